The lowest BCUT2D eigenvalue weighted by atomic mass is 9.90. The van der Waals surface area contributed by atoms with Gasteiger partial charge in [-0.2, -0.15) is 41.0 Å². The summed E-state index contributed by atoms with van der Waals surface area (Å²) in [7, 11) is 2.16. The zero-order valence-electron chi connectivity index (χ0n) is 45.0. The number of hydrogen-bond acceptors (Lipinski definition) is 16. The largest absolute Gasteiger partial charge is 0.351 e. The third kappa shape index (κ3) is 11.6. The minimum Gasteiger partial charge on any atom is -0.351 e. The molecule has 4 aliphatic heterocycles. The highest BCUT2D eigenvalue weighted by molar-refractivity contribution is 5.85. The molecule has 22 nitrogen and oxygen atoms in total. The minimum atomic E-state index is 0. The number of aromatic nitrogens is 14. The number of rotatable bonds is 12. The van der Waals surface area contributed by atoms with Crippen molar-refractivity contribution in [2.75, 3.05) is 56.9 Å². The van der Waals surface area contributed by atoms with Gasteiger partial charge < -0.3 is 30.7 Å². The first-order valence-corrected chi connectivity index (χ1v) is 28.0. The molecule has 6 aliphatic rings. The van der Waals surface area contributed by atoms with Crippen molar-refractivity contribution in [2.24, 2.45) is 0 Å². The average molecular weight is 1100 g/mol. The Bertz CT molecular complexity index is 3380. The number of hydrogen-bond donors (Lipinski definition) is 5. The van der Waals surface area contributed by atoms with Crippen molar-refractivity contribution < 1.29 is 9.59 Å². The van der Waals surface area contributed by atoms with Crippen molar-refractivity contribution in [3.63, 3.8) is 0 Å². The summed E-state index contributed by atoms with van der Waals surface area (Å²) in [6, 6.07) is 17.8. The maximum atomic E-state index is 13.2. The van der Waals surface area contributed by atoms with E-state index in [9.17, 15) is 9.59 Å². The molecule has 0 saturated carbocycles. The number of carbonyl (C=O) groups is 2. The van der Waals surface area contributed by atoms with Crippen LogP contribution < -0.4 is 16.0 Å². The van der Waals surface area contributed by atoms with E-state index in [-0.39, 0.29) is 37.3 Å². The van der Waals surface area contributed by atoms with Gasteiger partial charge in [-0.15, -0.1) is 12.4 Å². The van der Waals surface area contributed by atoms with Crippen molar-refractivity contribution in [3.05, 3.63) is 142 Å². The zero-order chi connectivity index (χ0) is 53.2. The number of carbonyl (C=O) groups excluding carboxylic acids is 2. The molecule has 2 fully saturated rings. The van der Waals surface area contributed by atoms with Gasteiger partial charge in [-0.3, -0.25) is 19.0 Å². The zero-order valence-corrected chi connectivity index (χ0v) is 45.8. The van der Waals surface area contributed by atoms with Crippen LogP contribution in [-0.4, -0.2) is 155 Å². The SMILES string of the molecule is CN1CCC(c2nn(CC(=O)N3CCc4n[nH]nc4C3)cc2-c2cnc(NC3Cc4ccccc4C3)nc2)CC1.Cl.O=C(Cn1cc(-c2cnc(NC3Cc4ccccc4C3)nc2)c(C2CCNCC2)n1)N1CCc2n[nH]nc2C1. The number of nitrogens with one attached hydrogen (secondary N) is 5. The van der Waals surface area contributed by atoms with Crippen LogP contribution in [-0.2, 0) is 74.3 Å². The van der Waals surface area contributed by atoms with Crippen molar-refractivity contribution in [1.82, 2.24) is 90.3 Å². The number of H-pyrrole nitrogens is 2. The van der Waals surface area contributed by atoms with Gasteiger partial charge in [0.2, 0.25) is 23.7 Å². The van der Waals surface area contributed by atoms with Crippen LogP contribution >= 0.6 is 12.4 Å². The standard InChI is InChI=1S/C29H34N10O.C28H32N10O.ClH/c1-37-9-6-19(7-10-37)28-24(16-39(35-28)18-27(40)38-11-8-25-26(17-38)34-36-33-25)22-14-30-29(31-15-22)32-23-12-20-4-2-3-5-21(20)13-23;39-26(37-10-7-24-25(16-37)34-36-33-24)17-38-15-23(27(35-38)18-5-8-29-9-6-18)21-13-30-28(31-14-21)32-22-11-19-3-1-2-4-20(19)12-22;/h2-5,14-16,19,23H,6-13,17-18H2,1H3,(H,30,31,32)(H,33,34,36);1-4,13-15,18,22,29H,5-12,16-17H2,(H,30,31,32)(H,33,34,36);1H. The summed E-state index contributed by atoms with van der Waals surface area (Å²) in [6.07, 6.45) is 21.0. The highest BCUT2D eigenvalue weighted by Gasteiger charge is 2.31. The Hall–Kier alpha value is -7.95. The lowest BCUT2D eigenvalue weighted by Crippen LogP contribution is -2.38. The van der Waals surface area contributed by atoms with Crippen LogP contribution in [0.2, 0.25) is 0 Å². The second-order valence-corrected chi connectivity index (χ2v) is 22.0. The van der Waals surface area contributed by atoms with Crippen molar-refractivity contribution >= 4 is 36.1 Å². The first kappa shape index (κ1) is 52.7. The maximum Gasteiger partial charge on any atom is 0.244 e. The predicted octanol–water partition coefficient (Wildman–Crippen LogP) is 4.94. The van der Waals surface area contributed by atoms with E-state index in [0.717, 1.165) is 134 Å². The molecular weight excluding hydrogens is 1030 g/mol. The van der Waals surface area contributed by atoms with Crippen LogP contribution in [0.1, 0.15) is 93.9 Å². The Morgan fingerprint density at radius 3 is 1.38 bits per heavy atom. The van der Waals surface area contributed by atoms with Crippen LogP contribution in [0.4, 0.5) is 11.9 Å². The molecule has 5 N–H and O–H groups in total. The Morgan fingerprint density at radius 2 is 0.950 bits per heavy atom. The molecule has 414 valence electrons. The summed E-state index contributed by atoms with van der Waals surface area (Å²) >= 11 is 0. The number of amides is 2. The average Bonchev–Trinajstić information content (AvgIpc) is 4.37. The summed E-state index contributed by atoms with van der Waals surface area (Å²) in [6.45, 7) is 6.62. The molecule has 2 aliphatic carbocycles. The van der Waals surface area contributed by atoms with Gasteiger partial charge in [0.25, 0.3) is 0 Å². The van der Waals surface area contributed by atoms with Crippen molar-refractivity contribution in [2.45, 2.75) is 114 Å². The first-order valence-electron chi connectivity index (χ1n) is 28.0. The molecule has 2 aromatic carbocycles. The smallest absolute Gasteiger partial charge is 0.244 e. The topological polar surface area (TPSA) is 250 Å². The monoisotopic (exact) mass is 1100 g/mol. The Balaban J connectivity index is 0.000000157. The fourth-order valence-corrected chi connectivity index (χ4v) is 12.3. The van der Waals surface area contributed by atoms with Gasteiger partial charge in [-0.25, -0.2) is 19.9 Å². The molecule has 10 heterocycles. The summed E-state index contributed by atoms with van der Waals surface area (Å²) in [5.41, 5.74) is 15.1. The van der Waals surface area contributed by atoms with Gasteiger partial charge in [0.05, 0.1) is 35.9 Å². The number of piperidine rings is 2. The second kappa shape index (κ2) is 23.4. The minimum absolute atomic E-state index is 0. The summed E-state index contributed by atoms with van der Waals surface area (Å²) in [4.78, 5) is 51.1. The highest BCUT2D eigenvalue weighted by atomic mass is 35.5. The molecule has 0 unspecified atom stereocenters. The maximum absolute atomic E-state index is 13.2. The number of likely N-dealkylation sites (tertiary alicyclic amines) is 1. The van der Waals surface area contributed by atoms with Gasteiger partial charge in [0.15, 0.2) is 0 Å². The Morgan fingerprint density at radius 1 is 0.550 bits per heavy atom. The van der Waals surface area contributed by atoms with E-state index in [1.807, 2.05) is 47.0 Å². The van der Waals surface area contributed by atoms with Crippen LogP contribution in [0.25, 0.3) is 22.3 Å². The number of aromatic amines is 2. The second-order valence-electron chi connectivity index (χ2n) is 22.0. The number of nitrogens with zero attached hydrogens (tertiary/aromatic N) is 15. The van der Waals surface area contributed by atoms with Gasteiger partial charge in [0.1, 0.15) is 24.5 Å². The first-order chi connectivity index (χ1) is 38.8. The van der Waals surface area contributed by atoms with E-state index in [0.29, 0.717) is 74.8 Å². The highest BCUT2D eigenvalue weighted by Crippen LogP contribution is 2.36. The molecule has 0 radical (unpaired) electrons. The molecule has 23 heteroatoms. The van der Waals surface area contributed by atoms with E-state index in [4.69, 9.17) is 10.2 Å². The lowest BCUT2D eigenvalue weighted by molar-refractivity contribution is -0.133. The number of halogens is 1. The lowest BCUT2D eigenvalue weighted by Gasteiger charge is -2.28. The molecule has 8 aromatic rings. The molecule has 0 bridgehead atoms. The van der Waals surface area contributed by atoms with E-state index in [1.54, 1.807) is 9.36 Å². The molecule has 2 saturated heterocycles. The molecule has 14 rings (SSSR count). The Labute approximate surface area is 469 Å². The molecule has 2 amide bonds. The number of anilines is 2. The molecule has 0 spiro atoms. The van der Waals surface area contributed by atoms with Crippen LogP contribution in [0.3, 0.4) is 0 Å². The van der Waals surface area contributed by atoms with Gasteiger partial charge in [-0.05, 0) is 107 Å². The predicted molar refractivity (Wildman–Crippen MR) is 302 cm³/mol. The Kier molecular flexibility index (Phi) is 15.4. The molecule has 80 heavy (non-hydrogen) atoms. The van der Waals surface area contributed by atoms with Crippen LogP contribution in [0.15, 0.2) is 85.7 Å². The number of benzene rings is 2. The normalized spacial score (nSPS) is 17.7. The van der Waals surface area contributed by atoms with E-state index >= 15 is 0 Å². The van der Waals surface area contributed by atoms with E-state index in [2.05, 4.69) is 127 Å². The molecular formula is C57H67ClN20O2. The van der Waals surface area contributed by atoms with Crippen LogP contribution in [0, 0.1) is 0 Å². The molecule has 0 atom stereocenters. The van der Waals surface area contributed by atoms with E-state index in [1.165, 1.54) is 22.3 Å². The van der Waals surface area contributed by atoms with Gasteiger partial charge >= 0.3 is 0 Å². The third-order valence-electron chi connectivity index (χ3n) is 16.7. The summed E-state index contributed by atoms with van der Waals surface area (Å²) in [5.74, 6) is 2.01. The van der Waals surface area contributed by atoms with Gasteiger partial charge in [-0.1, -0.05) is 48.5 Å². The van der Waals surface area contributed by atoms with Gasteiger partial charge in [0, 0.05) is 109 Å². The van der Waals surface area contributed by atoms with E-state index < -0.39 is 0 Å². The number of fused-ring (bicyclic) bond motifs is 4. The quantitative estimate of drug-likeness (QED) is 0.109. The van der Waals surface area contributed by atoms with Crippen LogP contribution in [0.5, 0.6) is 0 Å². The fraction of sp³-hybridized carbons (Fsp3) is 0.439. The van der Waals surface area contributed by atoms with Crippen molar-refractivity contribution in [1.29, 1.82) is 0 Å². The summed E-state index contributed by atoms with van der Waals surface area (Å²) in [5, 5.41) is 42.4. The third-order valence-corrected chi connectivity index (χ3v) is 16.7. The fourth-order valence-electron chi connectivity index (χ4n) is 12.3. The summed E-state index contributed by atoms with van der Waals surface area (Å²) < 4.78 is 3.58. The molecule has 6 aromatic heterocycles. The van der Waals surface area contributed by atoms with Crippen molar-refractivity contribution in [3.8, 4) is 22.3 Å².